The van der Waals surface area contributed by atoms with Crippen molar-refractivity contribution in [2.75, 3.05) is 139 Å². The van der Waals surface area contributed by atoms with E-state index >= 15 is 0 Å². The number of amides is 4. The summed E-state index contributed by atoms with van der Waals surface area (Å²) in [5.41, 5.74) is 1.12. The van der Waals surface area contributed by atoms with Crippen molar-refractivity contribution in [2.45, 2.75) is 91.7 Å². The summed E-state index contributed by atoms with van der Waals surface area (Å²) in [5.74, 6) is -0.0643. The van der Waals surface area contributed by atoms with Gasteiger partial charge < -0.3 is 69.1 Å². The molecule has 0 heterocycles. The van der Waals surface area contributed by atoms with Crippen LogP contribution in [0, 0.1) is 5.92 Å². The first-order valence-corrected chi connectivity index (χ1v) is 22.5. The van der Waals surface area contributed by atoms with Gasteiger partial charge in [0.15, 0.2) is 5.78 Å². The van der Waals surface area contributed by atoms with Gasteiger partial charge >= 0.3 is 0 Å². The number of rotatable bonds is 45. The summed E-state index contributed by atoms with van der Waals surface area (Å²) in [6.07, 6.45) is 5.88. The van der Waals surface area contributed by atoms with Crippen LogP contribution in [0.15, 0.2) is 12.2 Å². The third kappa shape index (κ3) is 49.6. The van der Waals surface area contributed by atoms with Crippen LogP contribution in [0.2, 0.25) is 0 Å². The number of ether oxygens (including phenoxy) is 8. The molecule has 20 nitrogen and oxygen atoms in total. The quantitative estimate of drug-likeness (QED) is 0.0283. The molecule has 0 aliphatic heterocycles. The Bertz CT molecular complexity index is 1210. The van der Waals surface area contributed by atoms with Gasteiger partial charge in [-0.2, -0.15) is 0 Å². The van der Waals surface area contributed by atoms with Crippen molar-refractivity contribution in [2.24, 2.45) is 5.92 Å². The minimum Gasteiger partial charge on any atom is -0.383 e. The molecular weight excluding hydrogens is 839 g/mol. The summed E-state index contributed by atoms with van der Waals surface area (Å²) in [7, 11) is 1.57. The zero-order valence-corrected chi connectivity index (χ0v) is 39.5. The van der Waals surface area contributed by atoms with Gasteiger partial charge in [0, 0.05) is 59.3 Å². The van der Waals surface area contributed by atoms with Crippen LogP contribution in [0.4, 0.5) is 0 Å². The Balaban J connectivity index is 0. The van der Waals surface area contributed by atoms with Gasteiger partial charge in [-0.15, -0.1) is 0 Å². The Hall–Kier alpha value is -3.44. The van der Waals surface area contributed by atoms with E-state index in [4.69, 9.17) is 37.9 Å². The lowest BCUT2D eigenvalue weighted by molar-refractivity contribution is -0.127. The highest BCUT2D eigenvalue weighted by Gasteiger charge is 2.11. The smallest absolute Gasteiger partial charge is 0.246 e. The molecule has 0 aromatic carbocycles. The van der Waals surface area contributed by atoms with Gasteiger partial charge in [0.1, 0.15) is 38.4 Å². The molecule has 0 fully saturated rings. The molecule has 0 saturated carbocycles. The Labute approximate surface area is 381 Å². The molecule has 20 heteroatoms. The van der Waals surface area contributed by atoms with Crippen LogP contribution >= 0.6 is 0 Å². The summed E-state index contributed by atoms with van der Waals surface area (Å²) in [6, 6.07) is 0. The molecule has 0 aliphatic carbocycles. The second-order valence-electron chi connectivity index (χ2n) is 14.8. The zero-order chi connectivity index (χ0) is 47.9. The molecule has 0 aliphatic rings. The SMILES string of the molecule is C=C(C)[C@H](CCCCNC(=O)COCCOCCNC(=O)COCCC)CCC(C)=O.COCCNC(=O)CCC[C@@H](O)NCCOCCOCC(=O)NCCOCCOCC(C)=O. The molecule has 0 unspecified atom stereocenters. The van der Waals surface area contributed by atoms with Gasteiger partial charge in [0.25, 0.3) is 0 Å². The zero-order valence-electron chi connectivity index (χ0n) is 39.5. The number of Topliss-reactive ketones (excluding diaryl/α,β-unsaturated/α-hetero) is 2. The minimum atomic E-state index is -0.697. The van der Waals surface area contributed by atoms with Crippen molar-refractivity contribution in [1.82, 2.24) is 26.6 Å². The number of aliphatic hydroxyl groups is 1. The molecule has 374 valence electrons. The first kappa shape index (κ1) is 62.6. The van der Waals surface area contributed by atoms with Crippen molar-refractivity contribution in [3.05, 3.63) is 12.2 Å². The summed E-state index contributed by atoms with van der Waals surface area (Å²) in [5, 5.41) is 23.6. The van der Waals surface area contributed by atoms with Gasteiger partial charge in [0.2, 0.25) is 23.6 Å². The lowest BCUT2D eigenvalue weighted by Crippen LogP contribution is -2.33. The first-order valence-electron chi connectivity index (χ1n) is 22.5. The van der Waals surface area contributed by atoms with Crippen molar-refractivity contribution in [3.63, 3.8) is 0 Å². The molecular formula is C44H83N5O15. The average molecular weight is 922 g/mol. The van der Waals surface area contributed by atoms with Gasteiger partial charge in [0.05, 0.1) is 66.1 Å². The Kier molecular flexibility index (Phi) is 46.5. The standard InChI is InChI=1S/C23H42N2O6.C21H41N3O9/c1-5-13-30-17-23(28)25-12-14-29-15-16-31-18-22(27)24-11-7-6-8-21(19(2)3)10-9-20(4)26;1-18(25)16-32-14-12-31-11-8-24-21(28)17-33-15-13-30-10-7-23-20(27)5-3-4-19(26)22-6-9-29-2/h21H,2,5-18H2,1,3-4H3,(H,24,27)(H,25,28);20,23,27H,3-17H2,1-2H3,(H,22,26)(H,24,28)/t21-;20-/m11/s1. The second-order valence-corrected chi connectivity index (χ2v) is 14.8. The fourth-order valence-electron chi connectivity index (χ4n) is 5.19. The number of carbonyl (C=O) groups is 6. The van der Waals surface area contributed by atoms with Crippen molar-refractivity contribution >= 4 is 35.2 Å². The topological polar surface area (TPSA) is 257 Å². The summed E-state index contributed by atoms with van der Waals surface area (Å²) in [6.45, 7) is 17.6. The fraction of sp³-hybridized carbons (Fsp3) is 0.818. The van der Waals surface area contributed by atoms with Crippen LogP contribution in [0.1, 0.15) is 85.5 Å². The number of hydrogen-bond donors (Lipinski definition) is 6. The van der Waals surface area contributed by atoms with E-state index in [-0.39, 0.29) is 68.2 Å². The number of allylic oxidation sites excluding steroid dienone is 1. The van der Waals surface area contributed by atoms with Crippen molar-refractivity contribution in [3.8, 4) is 0 Å². The molecule has 0 radical (unpaired) electrons. The van der Waals surface area contributed by atoms with Gasteiger partial charge in [-0.3, -0.25) is 29.3 Å². The van der Waals surface area contributed by atoms with Crippen molar-refractivity contribution in [1.29, 1.82) is 0 Å². The highest BCUT2D eigenvalue weighted by atomic mass is 16.5. The van der Waals surface area contributed by atoms with Gasteiger partial charge in [-0.25, -0.2) is 0 Å². The Morgan fingerprint density at radius 1 is 0.484 bits per heavy atom. The molecule has 0 aromatic heterocycles. The largest absolute Gasteiger partial charge is 0.383 e. The average Bonchev–Trinajstić information content (AvgIpc) is 3.24. The van der Waals surface area contributed by atoms with Crippen molar-refractivity contribution < 1.29 is 71.8 Å². The number of ketones is 2. The number of methoxy groups -OCH3 is 1. The minimum absolute atomic E-state index is 0.00185. The Morgan fingerprint density at radius 3 is 1.45 bits per heavy atom. The molecule has 0 rings (SSSR count). The summed E-state index contributed by atoms with van der Waals surface area (Å²) < 4.78 is 41.5. The molecule has 4 amide bonds. The maximum atomic E-state index is 11.8. The lowest BCUT2D eigenvalue weighted by Gasteiger charge is -2.16. The maximum absolute atomic E-state index is 11.8. The van der Waals surface area contributed by atoms with Crippen LogP contribution in [0.25, 0.3) is 0 Å². The van der Waals surface area contributed by atoms with E-state index in [1.54, 1.807) is 14.0 Å². The number of aliphatic hydroxyl groups excluding tert-OH is 1. The van der Waals surface area contributed by atoms with Gasteiger partial charge in [-0.1, -0.05) is 25.5 Å². The number of nitrogens with one attached hydrogen (secondary N) is 5. The van der Waals surface area contributed by atoms with E-state index < -0.39 is 6.23 Å². The van der Waals surface area contributed by atoms with E-state index in [0.29, 0.717) is 130 Å². The van der Waals surface area contributed by atoms with Crippen LogP contribution < -0.4 is 26.6 Å². The van der Waals surface area contributed by atoms with Crippen LogP contribution in [-0.4, -0.2) is 185 Å². The predicted octanol–water partition coefficient (Wildman–Crippen LogP) is 1.01. The number of unbranched alkanes of at least 4 members (excludes halogenated alkanes) is 1. The van der Waals surface area contributed by atoms with E-state index in [1.165, 1.54) is 6.92 Å². The summed E-state index contributed by atoms with van der Waals surface area (Å²) in [4.78, 5) is 68.1. The van der Waals surface area contributed by atoms with E-state index in [1.807, 2.05) is 13.8 Å². The molecule has 0 aromatic rings. The number of carbonyl (C=O) groups excluding carboxylic acids is 6. The molecule has 0 bridgehead atoms. The molecule has 0 spiro atoms. The predicted molar refractivity (Wildman–Crippen MR) is 241 cm³/mol. The Morgan fingerprint density at radius 2 is 0.953 bits per heavy atom. The van der Waals surface area contributed by atoms with Crippen LogP contribution in [0.3, 0.4) is 0 Å². The van der Waals surface area contributed by atoms with E-state index in [2.05, 4.69) is 33.2 Å². The summed E-state index contributed by atoms with van der Waals surface area (Å²) >= 11 is 0. The molecule has 64 heavy (non-hydrogen) atoms. The first-order chi connectivity index (χ1) is 30.8. The van der Waals surface area contributed by atoms with E-state index in [0.717, 1.165) is 37.7 Å². The molecule has 6 N–H and O–H groups in total. The fourth-order valence-corrected chi connectivity index (χ4v) is 5.19. The number of hydrogen-bond acceptors (Lipinski definition) is 16. The van der Waals surface area contributed by atoms with Crippen LogP contribution in [0.5, 0.6) is 0 Å². The highest BCUT2D eigenvalue weighted by Crippen LogP contribution is 2.22. The maximum Gasteiger partial charge on any atom is 0.246 e. The molecule has 2 atom stereocenters. The third-order valence-electron chi connectivity index (χ3n) is 8.59. The van der Waals surface area contributed by atoms with E-state index in [9.17, 15) is 33.9 Å². The third-order valence-corrected chi connectivity index (χ3v) is 8.59. The normalized spacial score (nSPS) is 11.8. The lowest BCUT2D eigenvalue weighted by atomic mass is 9.90. The second kappa shape index (κ2) is 47.5. The van der Waals surface area contributed by atoms with Crippen LogP contribution in [-0.2, 0) is 66.7 Å². The monoisotopic (exact) mass is 922 g/mol. The molecule has 0 saturated heterocycles. The van der Waals surface area contributed by atoms with Gasteiger partial charge in [-0.05, 0) is 65.2 Å². The highest BCUT2D eigenvalue weighted by molar-refractivity contribution is 5.78.